The quantitative estimate of drug-likeness (QED) is 0.794. The fourth-order valence-electron chi connectivity index (χ4n) is 4.70. The van der Waals surface area contributed by atoms with Gasteiger partial charge in [-0.15, -0.1) is 0 Å². The third-order valence-corrected chi connectivity index (χ3v) is 5.88. The normalized spacial score (nSPS) is 33.6. The molecule has 2 saturated carbocycles. The number of likely N-dealkylation sites (tertiary alicyclic amines) is 1. The van der Waals surface area contributed by atoms with E-state index in [4.69, 9.17) is 0 Å². The van der Waals surface area contributed by atoms with Gasteiger partial charge in [-0.1, -0.05) is 19.3 Å². The lowest BCUT2D eigenvalue weighted by Crippen LogP contribution is -2.48. The van der Waals surface area contributed by atoms with Gasteiger partial charge >= 0.3 is 11.8 Å². The predicted molar refractivity (Wildman–Crippen MR) is 81.6 cm³/mol. The van der Waals surface area contributed by atoms with E-state index in [1.807, 2.05) is 0 Å². The van der Waals surface area contributed by atoms with Crippen molar-refractivity contribution in [2.75, 3.05) is 13.1 Å². The Labute approximate surface area is 127 Å². The number of carbonyl (C=O) groups excluding carboxylic acids is 2. The molecule has 4 atom stereocenters. The summed E-state index contributed by atoms with van der Waals surface area (Å²) in [7, 11) is 0. The first-order valence-electron chi connectivity index (χ1n) is 8.75. The third kappa shape index (κ3) is 3.24. The van der Waals surface area contributed by atoms with Gasteiger partial charge in [-0.25, -0.2) is 0 Å². The largest absolute Gasteiger partial charge is 0.345 e. The van der Waals surface area contributed by atoms with Crippen LogP contribution in [0, 0.1) is 17.8 Å². The molecule has 1 heterocycles. The first-order chi connectivity index (χ1) is 10.1. The van der Waals surface area contributed by atoms with Crippen molar-refractivity contribution in [2.24, 2.45) is 17.8 Å². The Hall–Kier alpha value is -1.06. The molecule has 118 valence electrons. The van der Waals surface area contributed by atoms with E-state index in [2.05, 4.69) is 12.2 Å². The molecule has 4 nitrogen and oxygen atoms in total. The van der Waals surface area contributed by atoms with Gasteiger partial charge < -0.3 is 10.2 Å². The Morgan fingerprint density at radius 2 is 1.76 bits per heavy atom. The smallest absolute Gasteiger partial charge is 0.311 e. The Balaban J connectivity index is 1.51. The highest BCUT2D eigenvalue weighted by atomic mass is 16.2. The molecule has 4 heteroatoms. The van der Waals surface area contributed by atoms with E-state index in [-0.39, 0.29) is 17.9 Å². The molecule has 0 aromatic carbocycles. The summed E-state index contributed by atoms with van der Waals surface area (Å²) in [5.74, 6) is 1.54. The van der Waals surface area contributed by atoms with E-state index in [9.17, 15) is 9.59 Å². The second kappa shape index (κ2) is 6.37. The van der Waals surface area contributed by atoms with E-state index in [1.54, 1.807) is 4.90 Å². The lowest BCUT2D eigenvalue weighted by molar-refractivity contribution is -0.146. The number of hydrogen-bond donors (Lipinski definition) is 1. The summed E-state index contributed by atoms with van der Waals surface area (Å²) in [5.41, 5.74) is 0. The van der Waals surface area contributed by atoms with Gasteiger partial charge in [-0.2, -0.15) is 0 Å². The summed E-state index contributed by atoms with van der Waals surface area (Å²) in [6.07, 6.45) is 9.67. The molecule has 3 aliphatic rings. The Morgan fingerprint density at radius 3 is 2.33 bits per heavy atom. The standard InChI is InChI=1S/C17H28N2O2/c1-12(15-11-13-6-7-14(15)10-13)18-16(20)17(21)19-8-4-2-3-5-9-19/h12-15H,2-11H2,1H3,(H,18,20). The Bertz CT molecular complexity index is 402. The van der Waals surface area contributed by atoms with Crippen molar-refractivity contribution >= 4 is 11.8 Å². The number of amides is 2. The second-order valence-electron chi connectivity index (χ2n) is 7.31. The zero-order valence-electron chi connectivity index (χ0n) is 13.1. The van der Waals surface area contributed by atoms with Crippen LogP contribution in [0.5, 0.6) is 0 Å². The van der Waals surface area contributed by atoms with Crippen LogP contribution in [0.15, 0.2) is 0 Å². The van der Waals surface area contributed by atoms with Crippen LogP contribution in [0.3, 0.4) is 0 Å². The average Bonchev–Trinajstić information content (AvgIpc) is 3.01. The van der Waals surface area contributed by atoms with Crippen molar-refractivity contribution < 1.29 is 9.59 Å². The van der Waals surface area contributed by atoms with Crippen molar-refractivity contribution in [3.63, 3.8) is 0 Å². The monoisotopic (exact) mass is 292 g/mol. The van der Waals surface area contributed by atoms with Crippen molar-refractivity contribution in [3.05, 3.63) is 0 Å². The number of nitrogens with zero attached hydrogens (tertiary/aromatic N) is 1. The highest BCUT2D eigenvalue weighted by Gasteiger charge is 2.42. The highest BCUT2D eigenvalue weighted by Crippen LogP contribution is 2.49. The van der Waals surface area contributed by atoms with Crippen LogP contribution in [0.25, 0.3) is 0 Å². The molecule has 0 radical (unpaired) electrons. The van der Waals surface area contributed by atoms with E-state index in [0.717, 1.165) is 37.8 Å². The van der Waals surface area contributed by atoms with Gasteiger partial charge in [-0.3, -0.25) is 9.59 Å². The van der Waals surface area contributed by atoms with Crippen molar-refractivity contribution in [3.8, 4) is 0 Å². The molecule has 3 fully saturated rings. The summed E-state index contributed by atoms with van der Waals surface area (Å²) in [5, 5.41) is 2.99. The summed E-state index contributed by atoms with van der Waals surface area (Å²) < 4.78 is 0. The molecule has 1 saturated heterocycles. The molecule has 3 rings (SSSR count). The summed E-state index contributed by atoms with van der Waals surface area (Å²) >= 11 is 0. The van der Waals surface area contributed by atoms with Crippen LogP contribution in [-0.4, -0.2) is 35.8 Å². The Kier molecular flexibility index (Phi) is 4.51. The van der Waals surface area contributed by atoms with Gasteiger partial charge in [-0.05, 0) is 56.8 Å². The molecule has 0 aromatic heterocycles. The lowest BCUT2D eigenvalue weighted by Gasteiger charge is -2.29. The molecule has 1 N–H and O–H groups in total. The fraction of sp³-hybridized carbons (Fsp3) is 0.882. The molecule has 2 amide bonds. The molecule has 0 spiro atoms. The molecule has 1 aliphatic heterocycles. The minimum Gasteiger partial charge on any atom is -0.345 e. The third-order valence-electron chi connectivity index (χ3n) is 5.88. The number of fused-ring (bicyclic) bond motifs is 2. The zero-order chi connectivity index (χ0) is 14.8. The molecule has 2 aliphatic carbocycles. The average molecular weight is 292 g/mol. The van der Waals surface area contributed by atoms with E-state index in [0.29, 0.717) is 5.92 Å². The first kappa shape index (κ1) is 14.9. The minimum absolute atomic E-state index is 0.142. The van der Waals surface area contributed by atoms with Crippen LogP contribution in [0.1, 0.15) is 58.3 Å². The topological polar surface area (TPSA) is 49.4 Å². The van der Waals surface area contributed by atoms with E-state index in [1.165, 1.54) is 38.5 Å². The molecule has 2 bridgehead atoms. The molecular weight excluding hydrogens is 264 g/mol. The minimum atomic E-state index is -0.382. The van der Waals surface area contributed by atoms with E-state index >= 15 is 0 Å². The second-order valence-corrected chi connectivity index (χ2v) is 7.31. The van der Waals surface area contributed by atoms with Gasteiger partial charge in [0.05, 0.1) is 0 Å². The zero-order valence-corrected chi connectivity index (χ0v) is 13.1. The van der Waals surface area contributed by atoms with Gasteiger partial charge in [0.1, 0.15) is 0 Å². The SMILES string of the molecule is CC(NC(=O)C(=O)N1CCCCCC1)C1CC2CCC1C2. The van der Waals surface area contributed by atoms with Gasteiger partial charge in [0.25, 0.3) is 0 Å². The number of rotatable bonds is 2. The van der Waals surface area contributed by atoms with Crippen LogP contribution in [-0.2, 0) is 9.59 Å². The maximum Gasteiger partial charge on any atom is 0.311 e. The van der Waals surface area contributed by atoms with Crippen LogP contribution in [0.4, 0.5) is 0 Å². The van der Waals surface area contributed by atoms with Crippen molar-refractivity contribution in [1.82, 2.24) is 10.2 Å². The van der Waals surface area contributed by atoms with Crippen molar-refractivity contribution in [2.45, 2.75) is 64.3 Å². The van der Waals surface area contributed by atoms with Crippen LogP contribution in [0.2, 0.25) is 0 Å². The maximum atomic E-state index is 12.3. The number of carbonyl (C=O) groups is 2. The summed E-state index contributed by atoms with van der Waals surface area (Å²) in [4.78, 5) is 26.2. The predicted octanol–water partition coefficient (Wildman–Crippen LogP) is 2.33. The Morgan fingerprint density at radius 1 is 1.05 bits per heavy atom. The van der Waals surface area contributed by atoms with Crippen LogP contribution < -0.4 is 5.32 Å². The molecule has 4 unspecified atom stereocenters. The molecular formula is C17H28N2O2. The van der Waals surface area contributed by atoms with Gasteiger partial charge in [0.2, 0.25) is 0 Å². The first-order valence-corrected chi connectivity index (χ1v) is 8.75. The highest BCUT2D eigenvalue weighted by molar-refractivity contribution is 6.35. The fourth-order valence-corrected chi connectivity index (χ4v) is 4.70. The lowest BCUT2D eigenvalue weighted by atomic mass is 9.84. The maximum absolute atomic E-state index is 12.3. The van der Waals surface area contributed by atoms with Gasteiger partial charge in [0, 0.05) is 19.1 Å². The number of hydrogen-bond acceptors (Lipinski definition) is 2. The van der Waals surface area contributed by atoms with Gasteiger partial charge in [0.15, 0.2) is 0 Å². The van der Waals surface area contributed by atoms with Crippen LogP contribution >= 0.6 is 0 Å². The van der Waals surface area contributed by atoms with Crippen molar-refractivity contribution in [1.29, 1.82) is 0 Å². The summed E-state index contributed by atoms with van der Waals surface area (Å²) in [6, 6.07) is 0.142. The molecule has 0 aromatic rings. The molecule has 21 heavy (non-hydrogen) atoms. The van der Waals surface area contributed by atoms with E-state index < -0.39 is 0 Å². The summed E-state index contributed by atoms with van der Waals surface area (Å²) in [6.45, 7) is 3.57. The number of nitrogens with one attached hydrogen (secondary N) is 1.